The number of hydrogen-bond donors (Lipinski definition) is 2. The number of hydrogen-bond acceptors (Lipinski definition) is 4. The number of rotatable bonds is 4. The van der Waals surface area contributed by atoms with Crippen LogP contribution in [0.15, 0.2) is 37.1 Å². The van der Waals surface area contributed by atoms with E-state index in [1.54, 1.807) is 24.9 Å². The molecule has 1 saturated carbocycles. The first-order valence-corrected chi connectivity index (χ1v) is 8.45. The Morgan fingerprint density at radius 2 is 2.17 bits per heavy atom. The van der Waals surface area contributed by atoms with Gasteiger partial charge in [0.2, 0.25) is 0 Å². The van der Waals surface area contributed by atoms with Gasteiger partial charge in [0.05, 0.1) is 11.9 Å². The fourth-order valence-electron chi connectivity index (χ4n) is 3.16. The predicted octanol–water partition coefficient (Wildman–Crippen LogP) is 2.42. The number of imidazole rings is 1. The Hall–Kier alpha value is -2.21. The number of nitrogens with one attached hydrogen (secondary N) is 1. The van der Waals surface area contributed by atoms with Gasteiger partial charge in [-0.05, 0) is 45.6 Å². The van der Waals surface area contributed by atoms with E-state index in [0.29, 0.717) is 18.5 Å². The maximum Gasteiger partial charge on any atom is 0.271 e. The monoisotopic (exact) mass is 328 g/mol. The summed E-state index contributed by atoms with van der Waals surface area (Å²) in [5.74, 6) is -0.147. The van der Waals surface area contributed by atoms with Crippen molar-refractivity contribution in [2.24, 2.45) is 0 Å². The van der Waals surface area contributed by atoms with Crippen molar-refractivity contribution in [3.8, 4) is 0 Å². The van der Waals surface area contributed by atoms with Gasteiger partial charge in [0, 0.05) is 36.2 Å². The molecule has 0 bridgehead atoms. The van der Waals surface area contributed by atoms with Crippen LogP contribution in [-0.4, -0.2) is 31.6 Å². The van der Waals surface area contributed by atoms with Crippen LogP contribution in [0.4, 0.5) is 0 Å². The highest BCUT2D eigenvalue weighted by Gasteiger charge is 2.35. The molecular weight excluding hydrogens is 304 g/mol. The van der Waals surface area contributed by atoms with Crippen molar-refractivity contribution in [1.29, 1.82) is 0 Å². The molecule has 1 amide bonds. The van der Waals surface area contributed by atoms with Crippen LogP contribution in [0.5, 0.6) is 0 Å². The Kier molecular flexibility index (Phi) is 4.66. The topological polar surface area (TPSA) is 80.0 Å². The molecule has 6 nitrogen and oxygen atoms in total. The van der Waals surface area contributed by atoms with Crippen molar-refractivity contribution >= 4 is 5.91 Å². The zero-order valence-corrected chi connectivity index (χ0v) is 14.1. The second-order valence-corrected chi connectivity index (χ2v) is 6.82. The molecule has 0 aromatic carbocycles. The number of aromatic nitrogens is 3. The van der Waals surface area contributed by atoms with Gasteiger partial charge in [-0.3, -0.25) is 9.78 Å². The van der Waals surface area contributed by atoms with Gasteiger partial charge in [-0.15, -0.1) is 0 Å². The summed E-state index contributed by atoms with van der Waals surface area (Å²) in [5.41, 5.74) is 0.455. The highest BCUT2D eigenvalue weighted by Crippen LogP contribution is 2.36. The molecule has 2 heterocycles. The van der Waals surface area contributed by atoms with Crippen molar-refractivity contribution in [2.75, 3.05) is 0 Å². The average Bonchev–Trinajstić information content (AvgIpc) is 3.08. The smallest absolute Gasteiger partial charge is 0.271 e. The third-order valence-electron chi connectivity index (χ3n) is 4.78. The fraction of sp³-hybridized carbons (Fsp3) is 0.500. The van der Waals surface area contributed by atoms with Gasteiger partial charge >= 0.3 is 0 Å². The molecular formula is C18H24N4O2. The van der Waals surface area contributed by atoms with E-state index in [1.165, 1.54) is 0 Å². The number of carbonyl (C=O) groups excluding carboxylic acids is 1. The van der Waals surface area contributed by atoms with Crippen molar-refractivity contribution in [3.05, 3.63) is 48.3 Å². The minimum atomic E-state index is -0.839. The van der Waals surface area contributed by atoms with Gasteiger partial charge in [0.1, 0.15) is 5.69 Å². The molecule has 0 unspecified atom stereocenters. The van der Waals surface area contributed by atoms with Crippen LogP contribution in [0, 0.1) is 0 Å². The SMILES string of the molecule is CC(C)n1cnc(C(=O)NC2CCC(O)(c3cccnc3)CC2)c1. The van der Waals surface area contributed by atoms with Crippen LogP contribution >= 0.6 is 0 Å². The standard InChI is InChI=1S/C18H24N4O2/c1-13(2)22-11-16(20-12-22)17(23)21-15-5-7-18(24,8-6-15)14-4-3-9-19-10-14/h3-4,9-13,15,24H,5-8H2,1-2H3,(H,21,23). The van der Waals surface area contributed by atoms with E-state index >= 15 is 0 Å². The molecule has 0 spiro atoms. The molecule has 0 saturated heterocycles. The minimum Gasteiger partial charge on any atom is -0.385 e. The van der Waals surface area contributed by atoms with E-state index in [9.17, 15) is 9.90 Å². The lowest BCUT2D eigenvalue weighted by Gasteiger charge is -2.36. The van der Waals surface area contributed by atoms with Crippen molar-refractivity contribution in [2.45, 2.75) is 57.2 Å². The van der Waals surface area contributed by atoms with E-state index in [1.807, 2.05) is 30.5 Å². The molecule has 6 heteroatoms. The van der Waals surface area contributed by atoms with Gasteiger partial charge in [-0.2, -0.15) is 0 Å². The van der Waals surface area contributed by atoms with Crippen LogP contribution in [0.25, 0.3) is 0 Å². The van der Waals surface area contributed by atoms with Crippen LogP contribution in [-0.2, 0) is 5.60 Å². The largest absolute Gasteiger partial charge is 0.385 e. The van der Waals surface area contributed by atoms with Crippen molar-refractivity contribution in [3.63, 3.8) is 0 Å². The maximum atomic E-state index is 12.3. The third kappa shape index (κ3) is 3.48. The third-order valence-corrected chi connectivity index (χ3v) is 4.78. The summed E-state index contributed by atoms with van der Waals surface area (Å²) in [6.07, 6.45) is 9.58. The molecule has 128 valence electrons. The normalized spacial score (nSPS) is 24.1. The first-order valence-electron chi connectivity index (χ1n) is 8.45. The summed E-state index contributed by atoms with van der Waals surface area (Å²) in [4.78, 5) is 20.6. The molecule has 0 atom stereocenters. The number of carbonyl (C=O) groups is 1. The van der Waals surface area contributed by atoms with Crippen LogP contribution in [0.2, 0.25) is 0 Å². The molecule has 2 aromatic rings. The van der Waals surface area contributed by atoms with E-state index in [-0.39, 0.29) is 18.0 Å². The maximum absolute atomic E-state index is 12.3. The van der Waals surface area contributed by atoms with Crippen LogP contribution < -0.4 is 5.32 Å². The Morgan fingerprint density at radius 3 is 2.75 bits per heavy atom. The molecule has 2 N–H and O–H groups in total. The van der Waals surface area contributed by atoms with Crippen molar-refractivity contribution in [1.82, 2.24) is 19.9 Å². The minimum absolute atomic E-state index is 0.0682. The quantitative estimate of drug-likeness (QED) is 0.903. The average molecular weight is 328 g/mol. The lowest BCUT2D eigenvalue weighted by atomic mass is 9.78. The van der Waals surface area contributed by atoms with Gasteiger partial charge in [0.25, 0.3) is 5.91 Å². The number of aliphatic hydroxyl groups is 1. The number of nitrogens with zero attached hydrogens (tertiary/aromatic N) is 3. The molecule has 0 radical (unpaired) electrons. The fourth-order valence-corrected chi connectivity index (χ4v) is 3.16. The number of amides is 1. The van der Waals surface area contributed by atoms with Gasteiger partial charge in [0.15, 0.2) is 0 Å². The Labute approximate surface area is 141 Å². The molecule has 2 aromatic heterocycles. The first-order chi connectivity index (χ1) is 11.5. The highest BCUT2D eigenvalue weighted by atomic mass is 16.3. The van der Waals surface area contributed by atoms with Gasteiger partial charge < -0.3 is 15.0 Å². The van der Waals surface area contributed by atoms with E-state index in [4.69, 9.17) is 0 Å². The molecule has 0 aliphatic heterocycles. The Bertz CT molecular complexity index is 688. The van der Waals surface area contributed by atoms with E-state index in [2.05, 4.69) is 15.3 Å². The zero-order chi connectivity index (χ0) is 17.2. The lowest BCUT2D eigenvalue weighted by molar-refractivity contribution is -0.00833. The summed E-state index contributed by atoms with van der Waals surface area (Å²) >= 11 is 0. The number of pyridine rings is 1. The van der Waals surface area contributed by atoms with Crippen LogP contribution in [0.1, 0.15) is 61.6 Å². The molecule has 24 heavy (non-hydrogen) atoms. The molecule has 1 fully saturated rings. The Morgan fingerprint density at radius 1 is 1.42 bits per heavy atom. The van der Waals surface area contributed by atoms with E-state index in [0.717, 1.165) is 18.4 Å². The molecule has 1 aliphatic rings. The summed E-state index contributed by atoms with van der Waals surface area (Å²) in [7, 11) is 0. The molecule has 1 aliphatic carbocycles. The van der Waals surface area contributed by atoms with Crippen molar-refractivity contribution < 1.29 is 9.90 Å². The summed E-state index contributed by atoms with van der Waals surface area (Å²) in [6, 6.07) is 4.10. The highest BCUT2D eigenvalue weighted by molar-refractivity contribution is 5.92. The Balaban J connectivity index is 1.58. The zero-order valence-electron chi connectivity index (χ0n) is 14.1. The molecule has 3 rings (SSSR count). The summed E-state index contributed by atoms with van der Waals surface area (Å²) < 4.78 is 1.91. The van der Waals surface area contributed by atoms with Gasteiger partial charge in [-0.1, -0.05) is 6.07 Å². The second-order valence-electron chi connectivity index (χ2n) is 6.82. The summed E-state index contributed by atoms with van der Waals surface area (Å²) in [6.45, 7) is 4.09. The first kappa shape index (κ1) is 16.6. The summed E-state index contributed by atoms with van der Waals surface area (Å²) in [5, 5.41) is 13.8. The van der Waals surface area contributed by atoms with Gasteiger partial charge in [-0.25, -0.2) is 4.98 Å². The van der Waals surface area contributed by atoms with Crippen LogP contribution in [0.3, 0.4) is 0 Å². The van der Waals surface area contributed by atoms with E-state index < -0.39 is 5.60 Å². The second kappa shape index (κ2) is 6.73. The predicted molar refractivity (Wildman–Crippen MR) is 90.5 cm³/mol. The lowest BCUT2D eigenvalue weighted by Crippen LogP contribution is -2.42.